The smallest absolute Gasteiger partial charge is 0.296 e. The minimum atomic E-state index is -3.95. The van der Waals surface area contributed by atoms with Crippen LogP contribution in [0, 0.1) is 6.92 Å². The molecule has 0 aliphatic heterocycles. The summed E-state index contributed by atoms with van der Waals surface area (Å²) in [6.07, 6.45) is 0. The zero-order chi connectivity index (χ0) is 19.8. The van der Waals surface area contributed by atoms with Crippen LogP contribution in [0.15, 0.2) is 62.7 Å². The van der Waals surface area contributed by atoms with Gasteiger partial charge >= 0.3 is 0 Å². The van der Waals surface area contributed by atoms with Crippen LogP contribution < -0.4 is 15.0 Å². The summed E-state index contributed by atoms with van der Waals surface area (Å²) >= 11 is 3.27. The van der Waals surface area contributed by atoms with Gasteiger partial charge in [0.25, 0.3) is 15.6 Å². The van der Waals surface area contributed by atoms with Crippen LogP contribution in [0.25, 0.3) is 5.69 Å². The number of aromatic nitrogens is 2. The monoisotopic (exact) mass is 451 g/mol. The lowest BCUT2D eigenvalue weighted by Gasteiger charge is -2.09. The van der Waals surface area contributed by atoms with E-state index in [2.05, 4.69) is 20.7 Å². The second-order valence-corrected chi connectivity index (χ2v) is 8.38. The predicted molar refractivity (Wildman–Crippen MR) is 107 cm³/mol. The highest BCUT2D eigenvalue weighted by molar-refractivity contribution is 9.10. The largest absolute Gasteiger partial charge is 0.496 e. The normalized spacial score (nSPS) is 11.4. The average Bonchev–Trinajstić information content (AvgIpc) is 2.85. The number of nitrogens with one attached hydrogen (secondary N) is 1. The number of nitrogens with zero attached hydrogens (tertiary/aromatic N) is 2. The van der Waals surface area contributed by atoms with Gasteiger partial charge in [-0.15, -0.1) is 0 Å². The van der Waals surface area contributed by atoms with Crippen LogP contribution in [-0.4, -0.2) is 24.9 Å². The summed E-state index contributed by atoms with van der Waals surface area (Å²) in [5.74, 6) is 0.510. The highest BCUT2D eigenvalue weighted by Crippen LogP contribution is 2.28. The number of para-hydroxylation sites is 1. The Morgan fingerprint density at radius 1 is 1.11 bits per heavy atom. The summed E-state index contributed by atoms with van der Waals surface area (Å²) in [7, 11) is -0.762. The molecule has 1 heterocycles. The standard InChI is InChI=1S/C18H18BrN3O4S/c1-12-17(18(23)22(21(12)2)13-7-5-4-6-8-13)20-27(24,25)14-9-10-16(26-3)15(19)11-14/h4-11,20H,1-3H3. The summed E-state index contributed by atoms with van der Waals surface area (Å²) in [6, 6.07) is 13.4. The number of anilines is 1. The number of benzene rings is 2. The molecule has 0 spiro atoms. The minimum Gasteiger partial charge on any atom is -0.496 e. The second kappa shape index (κ2) is 7.24. The van der Waals surface area contributed by atoms with Gasteiger partial charge in [0, 0.05) is 7.05 Å². The molecule has 7 nitrogen and oxygen atoms in total. The molecule has 27 heavy (non-hydrogen) atoms. The summed E-state index contributed by atoms with van der Waals surface area (Å²) < 4.78 is 36.6. The molecule has 3 aromatic rings. The molecule has 2 aromatic carbocycles. The maximum absolute atomic E-state index is 12.9. The first-order valence-corrected chi connectivity index (χ1v) is 10.2. The van der Waals surface area contributed by atoms with Crippen LogP contribution in [0.1, 0.15) is 5.69 Å². The molecule has 0 fully saturated rings. The van der Waals surface area contributed by atoms with Crippen molar-refractivity contribution in [2.24, 2.45) is 7.05 Å². The molecule has 0 amide bonds. The summed E-state index contributed by atoms with van der Waals surface area (Å²) in [4.78, 5) is 12.9. The first-order valence-electron chi connectivity index (χ1n) is 7.96. The van der Waals surface area contributed by atoms with Gasteiger partial charge in [0.1, 0.15) is 11.4 Å². The van der Waals surface area contributed by atoms with E-state index in [4.69, 9.17) is 4.74 Å². The van der Waals surface area contributed by atoms with Gasteiger partial charge in [-0.25, -0.2) is 13.1 Å². The van der Waals surface area contributed by atoms with Crippen molar-refractivity contribution in [3.63, 3.8) is 0 Å². The maximum atomic E-state index is 12.9. The van der Waals surface area contributed by atoms with E-state index < -0.39 is 15.6 Å². The fraction of sp³-hybridized carbons (Fsp3) is 0.167. The third-order valence-electron chi connectivity index (χ3n) is 4.22. The third kappa shape index (κ3) is 3.52. The highest BCUT2D eigenvalue weighted by Gasteiger charge is 2.23. The molecular formula is C18H18BrN3O4S. The molecule has 9 heteroatoms. The Hall–Kier alpha value is -2.52. The van der Waals surface area contributed by atoms with E-state index in [0.717, 1.165) is 0 Å². The van der Waals surface area contributed by atoms with Crippen LogP contribution in [0.4, 0.5) is 5.69 Å². The molecule has 0 saturated heterocycles. The lowest BCUT2D eigenvalue weighted by Crippen LogP contribution is -2.23. The molecule has 142 valence electrons. The number of rotatable bonds is 5. The van der Waals surface area contributed by atoms with E-state index in [9.17, 15) is 13.2 Å². The van der Waals surface area contributed by atoms with Gasteiger partial charge in [0.15, 0.2) is 0 Å². The van der Waals surface area contributed by atoms with Crippen molar-refractivity contribution < 1.29 is 13.2 Å². The molecule has 1 N–H and O–H groups in total. The third-order valence-corrected chi connectivity index (χ3v) is 6.19. The number of halogens is 1. The molecule has 0 bridgehead atoms. The predicted octanol–water partition coefficient (Wildman–Crippen LogP) is 3.06. The number of hydrogen-bond acceptors (Lipinski definition) is 4. The minimum absolute atomic E-state index is 0.00768. The van der Waals surface area contributed by atoms with E-state index in [-0.39, 0.29) is 10.6 Å². The maximum Gasteiger partial charge on any atom is 0.296 e. The van der Waals surface area contributed by atoms with Crippen molar-refractivity contribution in [3.8, 4) is 11.4 Å². The van der Waals surface area contributed by atoms with Gasteiger partial charge in [-0.2, -0.15) is 0 Å². The van der Waals surface area contributed by atoms with Crippen molar-refractivity contribution in [1.29, 1.82) is 0 Å². The number of ether oxygens (including phenoxy) is 1. The van der Waals surface area contributed by atoms with E-state index in [1.807, 2.05) is 18.2 Å². The molecule has 3 rings (SSSR count). The Morgan fingerprint density at radius 3 is 2.37 bits per heavy atom. The van der Waals surface area contributed by atoms with E-state index in [1.165, 1.54) is 23.9 Å². The highest BCUT2D eigenvalue weighted by atomic mass is 79.9. The quantitative estimate of drug-likeness (QED) is 0.645. The van der Waals surface area contributed by atoms with Gasteiger partial charge in [-0.05, 0) is 53.2 Å². The van der Waals surface area contributed by atoms with Crippen LogP contribution in [0.5, 0.6) is 5.75 Å². The van der Waals surface area contributed by atoms with Gasteiger partial charge in [-0.1, -0.05) is 18.2 Å². The Balaban J connectivity index is 2.06. The van der Waals surface area contributed by atoms with Crippen LogP contribution in [-0.2, 0) is 17.1 Å². The molecule has 0 aliphatic rings. The SMILES string of the molecule is COc1ccc(S(=O)(=O)Nc2c(C)n(C)n(-c3ccccc3)c2=O)cc1Br. The van der Waals surface area contributed by atoms with Gasteiger partial charge in [-0.3, -0.25) is 14.2 Å². The first kappa shape index (κ1) is 19.2. The van der Waals surface area contributed by atoms with E-state index in [1.54, 1.807) is 36.9 Å². The number of methoxy groups -OCH3 is 1. The lowest BCUT2D eigenvalue weighted by molar-refractivity contribution is 0.411. The zero-order valence-corrected chi connectivity index (χ0v) is 17.3. The molecule has 0 saturated carbocycles. The van der Waals surface area contributed by atoms with Crippen LogP contribution in [0.3, 0.4) is 0 Å². The summed E-state index contributed by atoms with van der Waals surface area (Å²) in [5, 5.41) is 0. The topological polar surface area (TPSA) is 82.3 Å². The van der Waals surface area contributed by atoms with Crippen molar-refractivity contribution in [3.05, 3.63) is 69.1 Å². The van der Waals surface area contributed by atoms with Gasteiger partial charge in [0.05, 0.1) is 27.9 Å². The second-order valence-electron chi connectivity index (χ2n) is 5.84. The molecule has 1 aromatic heterocycles. The molecule has 0 atom stereocenters. The van der Waals surface area contributed by atoms with Crippen LogP contribution >= 0.6 is 15.9 Å². The fourth-order valence-corrected chi connectivity index (χ4v) is 4.53. The average molecular weight is 452 g/mol. The number of sulfonamides is 1. The van der Waals surface area contributed by atoms with Gasteiger partial charge in [0.2, 0.25) is 0 Å². The first-order chi connectivity index (χ1) is 12.8. The van der Waals surface area contributed by atoms with Crippen molar-refractivity contribution in [2.75, 3.05) is 11.8 Å². The lowest BCUT2D eigenvalue weighted by atomic mass is 10.3. The Labute approximate surface area is 165 Å². The zero-order valence-electron chi connectivity index (χ0n) is 14.9. The van der Waals surface area contributed by atoms with Crippen LogP contribution in [0.2, 0.25) is 0 Å². The number of hydrogen-bond donors (Lipinski definition) is 1. The fourth-order valence-electron chi connectivity index (χ4n) is 2.69. The Bertz CT molecular complexity index is 1150. The van der Waals surface area contributed by atoms with E-state index in [0.29, 0.717) is 21.6 Å². The Morgan fingerprint density at radius 2 is 1.78 bits per heavy atom. The van der Waals surface area contributed by atoms with Crippen molar-refractivity contribution in [1.82, 2.24) is 9.36 Å². The van der Waals surface area contributed by atoms with Gasteiger partial charge < -0.3 is 4.74 Å². The van der Waals surface area contributed by atoms with Crippen molar-refractivity contribution in [2.45, 2.75) is 11.8 Å². The Kier molecular flexibility index (Phi) is 5.16. The summed E-state index contributed by atoms with van der Waals surface area (Å²) in [5.41, 5.74) is 0.705. The van der Waals surface area contributed by atoms with E-state index >= 15 is 0 Å². The summed E-state index contributed by atoms with van der Waals surface area (Å²) in [6.45, 7) is 1.68. The molecular weight excluding hydrogens is 434 g/mol. The van der Waals surface area contributed by atoms with Crippen molar-refractivity contribution >= 4 is 31.6 Å². The molecule has 0 unspecified atom stereocenters. The molecule has 0 aliphatic carbocycles. The molecule has 0 radical (unpaired) electrons.